The van der Waals surface area contributed by atoms with Gasteiger partial charge in [-0.1, -0.05) is 5.21 Å². The summed E-state index contributed by atoms with van der Waals surface area (Å²) in [5, 5.41) is 7.58. The Kier molecular flexibility index (Phi) is 4.82. The third kappa shape index (κ3) is 3.96. The van der Waals surface area contributed by atoms with E-state index in [1.54, 1.807) is 0 Å². The zero-order valence-electron chi connectivity index (χ0n) is 12.8. The lowest BCUT2D eigenvalue weighted by molar-refractivity contribution is -0.0521. The Bertz CT molecular complexity index is 920. The van der Waals surface area contributed by atoms with E-state index in [4.69, 9.17) is 10.5 Å². The van der Waals surface area contributed by atoms with Crippen LogP contribution in [0.1, 0.15) is 5.69 Å². The van der Waals surface area contributed by atoms with Crippen molar-refractivity contribution in [2.75, 3.05) is 5.73 Å². The minimum atomic E-state index is -3.16. The van der Waals surface area contributed by atoms with Crippen molar-refractivity contribution in [1.82, 2.24) is 25.0 Å². The Balaban J connectivity index is 1.72. The van der Waals surface area contributed by atoms with Crippen LogP contribution in [0, 0.1) is 11.6 Å². The van der Waals surface area contributed by atoms with E-state index in [9.17, 15) is 17.6 Å². The minimum absolute atomic E-state index is 0.118. The lowest BCUT2D eigenvalue weighted by atomic mass is 10.3. The first kappa shape index (κ1) is 17.4. The number of hydrogen-bond acceptors (Lipinski definition) is 7. The summed E-state index contributed by atoms with van der Waals surface area (Å²) in [6.07, 6.45) is 2.27. The molecular formula is C14H10F4N6O2. The van der Waals surface area contributed by atoms with Crippen molar-refractivity contribution in [3.05, 3.63) is 47.9 Å². The number of benzene rings is 1. The van der Waals surface area contributed by atoms with E-state index in [0.717, 1.165) is 18.3 Å². The van der Waals surface area contributed by atoms with Crippen LogP contribution < -0.4 is 15.2 Å². The van der Waals surface area contributed by atoms with Crippen molar-refractivity contribution >= 4 is 5.82 Å². The van der Waals surface area contributed by atoms with E-state index in [-0.39, 0.29) is 24.1 Å². The molecule has 3 rings (SSSR count). The standard InChI is InChI=1S/C14H10F4N6O2/c15-9-2-1-8(3-11(9)26-13(17)18)24-5-7(22-23-24)6-25-14-20-4-10(16)12(19)21-14/h1-5,13H,6H2,(H2,19,20,21). The SMILES string of the molecule is Nc1nc(OCc2cn(-c3ccc(F)c(OC(F)F)c3)nn2)ncc1F. The molecule has 0 aliphatic rings. The Labute approximate surface area is 143 Å². The van der Waals surface area contributed by atoms with Gasteiger partial charge in [0.2, 0.25) is 0 Å². The first-order chi connectivity index (χ1) is 12.4. The van der Waals surface area contributed by atoms with Crippen LogP contribution >= 0.6 is 0 Å². The lowest BCUT2D eigenvalue weighted by Gasteiger charge is -2.07. The molecule has 12 heteroatoms. The predicted molar refractivity (Wildman–Crippen MR) is 78.7 cm³/mol. The van der Waals surface area contributed by atoms with Gasteiger partial charge in [0.05, 0.1) is 18.1 Å². The monoisotopic (exact) mass is 370 g/mol. The number of halogens is 4. The highest BCUT2D eigenvalue weighted by atomic mass is 19.3. The molecule has 0 radical (unpaired) electrons. The van der Waals surface area contributed by atoms with Gasteiger partial charge < -0.3 is 15.2 Å². The van der Waals surface area contributed by atoms with Gasteiger partial charge in [0, 0.05) is 6.07 Å². The Hall–Kier alpha value is -3.44. The summed E-state index contributed by atoms with van der Waals surface area (Å²) < 4.78 is 61.5. The van der Waals surface area contributed by atoms with Crippen molar-refractivity contribution in [3.63, 3.8) is 0 Å². The molecule has 26 heavy (non-hydrogen) atoms. The third-order valence-corrected chi connectivity index (χ3v) is 3.03. The number of aromatic nitrogens is 5. The van der Waals surface area contributed by atoms with Crippen LogP contribution in [0.4, 0.5) is 23.4 Å². The van der Waals surface area contributed by atoms with Crippen molar-refractivity contribution in [3.8, 4) is 17.4 Å². The van der Waals surface area contributed by atoms with E-state index < -0.39 is 24.0 Å². The molecule has 0 saturated carbocycles. The molecular weight excluding hydrogens is 360 g/mol. The molecule has 3 aromatic rings. The van der Waals surface area contributed by atoms with Crippen molar-refractivity contribution < 1.29 is 27.0 Å². The number of rotatable bonds is 6. The molecule has 0 saturated heterocycles. The van der Waals surface area contributed by atoms with E-state index >= 15 is 0 Å². The number of nitrogen functional groups attached to an aromatic ring is 1. The van der Waals surface area contributed by atoms with Crippen molar-refractivity contribution in [2.45, 2.75) is 13.2 Å². The summed E-state index contributed by atoms with van der Waals surface area (Å²) in [4.78, 5) is 7.18. The van der Waals surface area contributed by atoms with Gasteiger partial charge in [-0.3, -0.25) is 0 Å². The minimum Gasteiger partial charge on any atom is -0.457 e. The van der Waals surface area contributed by atoms with Gasteiger partial charge in [0.1, 0.15) is 12.3 Å². The normalized spacial score (nSPS) is 11.0. The van der Waals surface area contributed by atoms with Crippen LogP contribution in [0.25, 0.3) is 5.69 Å². The Morgan fingerprint density at radius 1 is 1.19 bits per heavy atom. The van der Waals surface area contributed by atoms with Gasteiger partial charge in [-0.25, -0.2) is 18.4 Å². The van der Waals surface area contributed by atoms with Crippen LogP contribution in [-0.4, -0.2) is 31.6 Å². The van der Waals surface area contributed by atoms with Crippen LogP contribution in [0.5, 0.6) is 11.8 Å². The molecule has 8 nitrogen and oxygen atoms in total. The number of nitrogens with two attached hydrogens (primary N) is 1. The number of alkyl halides is 2. The average molecular weight is 370 g/mol. The molecule has 1 aromatic carbocycles. The van der Waals surface area contributed by atoms with Crippen LogP contribution in [-0.2, 0) is 6.61 Å². The summed E-state index contributed by atoms with van der Waals surface area (Å²) in [5.74, 6) is -2.71. The largest absolute Gasteiger partial charge is 0.457 e. The second kappa shape index (κ2) is 7.21. The summed E-state index contributed by atoms with van der Waals surface area (Å²) >= 11 is 0. The molecule has 0 aliphatic carbocycles. The highest BCUT2D eigenvalue weighted by Gasteiger charge is 2.13. The van der Waals surface area contributed by atoms with Crippen LogP contribution in [0.15, 0.2) is 30.6 Å². The average Bonchev–Trinajstić information content (AvgIpc) is 3.06. The predicted octanol–water partition coefficient (Wildman–Crippen LogP) is 2.10. The van der Waals surface area contributed by atoms with Gasteiger partial charge in [0.25, 0.3) is 0 Å². The van der Waals surface area contributed by atoms with E-state index in [1.165, 1.54) is 16.9 Å². The first-order valence-corrected chi connectivity index (χ1v) is 6.99. The van der Waals surface area contributed by atoms with E-state index in [1.807, 2.05) is 0 Å². The number of nitrogens with zero attached hydrogens (tertiary/aromatic N) is 5. The molecule has 2 aromatic heterocycles. The molecule has 136 valence electrons. The Morgan fingerprint density at radius 2 is 2.00 bits per heavy atom. The summed E-state index contributed by atoms with van der Waals surface area (Å²) in [6, 6.07) is 3.15. The lowest BCUT2D eigenvalue weighted by Crippen LogP contribution is -2.05. The zero-order chi connectivity index (χ0) is 18.7. The summed E-state index contributed by atoms with van der Waals surface area (Å²) in [5.41, 5.74) is 5.85. The maximum Gasteiger partial charge on any atom is 0.387 e. The molecule has 0 unspecified atom stereocenters. The van der Waals surface area contributed by atoms with Crippen LogP contribution in [0.2, 0.25) is 0 Å². The second-order valence-corrected chi connectivity index (χ2v) is 4.82. The molecule has 0 atom stereocenters. The molecule has 2 N–H and O–H groups in total. The van der Waals surface area contributed by atoms with Gasteiger partial charge in [-0.15, -0.1) is 5.10 Å². The summed E-state index contributed by atoms with van der Waals surface area (Å²) in [6.45, 7) is -3.28. The maximum atomic E-state index is 13.4. The van der Waals surface area contributed by atoms with Gasteiger partial charge in [-0.2, -0.15) is 13.8 Å². The maximum absolute atomic E-state index is 13.4. The topological polar surface area (TPSA) is 101 Å². The van der Waals surface area contributed by atoms with Crippen molar-refractivity contribution in [2.24, 2.45) is 0 Å². The fourth-order valence-corrected chi connectivity index (χ4v) is 1.88. The molecule has 0 bridgehead atoms. The molecule has 2 heterocycles. The fraction of sp³-hybridized carbons (Fsp3) is 0.143. The number of ether oxygens (including phenoxy) is 2. The van der Waals surface area contributed by atoms with Crippen molar-refractivity contribution in [1.29, 1.82) is 0 Å². The molecule has 0 spiro atoms. The smallest absolute Gasteiger partial charge is 0.387 e. The number of hydrogen-bond donors (Lipinski definition) is 1. The number of anilines is 1. The third-order valence-electron chi connectivity index (χ3n) is 3.03. The fourth-order valence-electron chi connectivity index (χ4n) is 1.88. The first-order valence-electron chi connectivity index (χ1n) is 6.99. The summed E-state index contributed by atoms with van der Waals surface area (Å²) in [7, 11) is 0. The van der Waals surface area contributed by atoms with E-state index in [2.05, 4.69) is 25.0 Å². The Morgan fingerprint density at radius 3 is 2.73 bits per heavy atom. The highest BCUT2D eigenvalue weighted by molar-refractivity contribution is 5.39. The highest BCUT2D eigenvalue weighted by Crippen LogP contribution is 2.22. The van der Waals surface area contributed by atoms with Gasteiger partial charge in [-0.05, 0) is 12.1 Å². The van der Waals surface area contributed by atoms with E-state index in [0.29, 0.717) is 5.69 Å². The van der Waals surface area contributed by atoms with Crippen LogP contribution in [0.3, 0.4) is 0 Å². The quantitative estimate of drug-likeness (QED) is 0.663. The molecule has 0 amide bonds. The second-order valence-electron chi connectivity index (χ2n) is 4.82. The molecule has 0 fully saturated rings. The van der Waals surface area contributed by atoms with Gasteiger partial charge in [0.15, 0.2) is 23.2 Å². The van der Waals surface area contributed by atoms with Gasteiger partial charge >= 0.3 is 12.6 Å². The zero-order valence-corrected chi connectivity index (χ0v) is 12.8. The molecule has 0 aliphatic heterocycles.